The number of halogens is 3. The standard InChI is InChI=1S/C21H15F3N2O/c22-14-7-4-12(5-8-14)18-9-6-13(11-25-18)15-10-16(15)21(27)26-19-3-1-2-17(23)20(19)24/h1-9,11,15-16H,10H2,(H,26,27)/t15-,16+/m0/s1. The smallest absolute Gasteiger partial charge is 0.228 e. The zero-order valence-electron chi connectivity index (χ0n) is 14.1. The van der Waals surface area contributed by atoms with Crippen molar-refractivity contribution in [1.82, 2.24) is 4.98 Å². The molecule has 0 spiro atoms. The van der Waals surface area contributed by atoms with Crippen LogP contribution in [0.1, 0.15) is 17.9 Å². The largest absolute Gasteiger partial charge is 0.323 e. The highest BCUT2D eigenvalue weighted by Gasteiger charge is 2.44. The molecular weight excluding hydrogens is 353 g/mol. The highest BCUT2D eigenvalue weighted by Crippen LogP contribution is 2.48. The topological polar surface area (TPSA) is 42.0 Å². The third-order valence-corrected chi connectivity index (χ3v) is 4.69. The third kappa shape index (κ3) is 3.56. The number of nitrogens with one attached hydrogen (secondary N) is 1. The lowest BCUT2D eigenvalue weighted by molar-refractivity contribution is -0.117. The zero-order valence-corrected chi connectivity index (χ0v) is 14.1. The summed E-state index contributed by atoms with van der Waals surface area (Å²) in [7, 11) is 0. The molecule has 136 valence electrons. The first kappa shape index (κ1) is 17.3. The van der Waals surface area contributed by atoms with Gasteiger partial charge < -0.3 is 5.32 Å². The fourth-order valence-corrected chi connectivity index (χ4v) is 3.09. The van der Waals surface area contributed by atoms with Gasteiger partial charge in [-0.2, -0.15) is 0 Å². The van der Waals surface area contributed by atoms with Crippen molar-refractivity contribution in [2.75, 3.05) is 5.32 Å². The lowest BCUT2D eigenvalue weighted by Gasteiger charge is -2.07. The van der Waals surface area contributed by atoms with Gasteiger partial charge >= 0.3 is 0 Å². The molecule has 0 unspecified atom stereocenters. The van der Waals surface area contributed by atoms with Crippen LogP contribution in [0.25, 0.3) is 11.3 Å². The van der Waals surface area contributed by atoms with Crippen LogP contribution in [-0.4, -0.2) is 10.9 Å². The van der Waals surface area contributed by atoms with Crippen LogP contribution < -0.4 is 5.32 Å². The van der Waals surface area contributed by atoms with Gasteiger partial charge in [-0.25, -0.2) is 13.2 Å². The van der Waals surface area contributed by atoms with Crippen molar-refractivity contribution in [2.45, 2.75) is 12.3 Å². The molecule has 1 saturated carbocycles. The molecule has 2 atom stereocenters. The maximum atomic E-state index is 13.7. The monoisotopic (exact) mass is 368 g/mol. The van der Waals surface area contributed by atoms with Crippen LogP contribution >= 0.6 is 0 Å². The van der Waals surface area contributed by atoms with Crippen LogP contribution in [0.15, 0.2) is 60.8 Å². The van der Waals surface area contributed by atoms with Crippen molar-refractivity contribution in [3.8, 4) is 11.3 Å². The van der Waals surface area contributed by atoms with Crippen LogP contribution in [-0.2, 0) is 4.79 Å². The van der Waals surface area contributed by atoms with E-state index in [0.29, 0.717) is 12.1 Å². The number of rotatable bonds is 4. The van der Waals surface area contributed by atoms with E-state index in [4.69, 9.17) is 0 Å². The Morgan fingerprint density at radius 2 is 1.78 bits per heavy atom. The zero-order chi connectivity index (χ0) is 19.0. The van der Waals surface area contributed by atoms with E-state index < -0.39 is 11.6 Å². The Hall–Kier alpha value is -3.15. The van der Waals surface area contributed by atoms with Crippen molar-refractivity contribution in [3.05, 3.63) is 83.8 Å². The minimum atomic E-state index is -1.06. The Kier molecular flexibility index (Phi) is 4.39. The molecule has 0 bridgehead atoms. The summed E-state index contributed by atoms with van der Waals surface area (Å²) >= 11 is 0. The summed E-state index contributed by atoms with van der Waals surface area (Å²) in [5.41, 5.74) is 2.26. The molecule has 0 radical (unpaired) electrons. The van der Waals surface area contributed by atoms with Crippen LogP contribution in [0, 0.1) is 23.4 Å². The maximum absolute atomic E-state index is 13.7. The van der Waals surface area contributed by atoms with E-state index in [-0.39, 0.29) is 29.2 Å². The minimum absolute atomic E-state index is 0.00334. The van der Waals surface area contributed by atoms with Crippen LogP contribution in [0.4, 0.5) is 18.9 Å². The number of anilines is 1. The van der Waals surface area contributed by atoms with Crippen molar-refractivity contribution >= 4 is 11.6 Å². The number of hydrogen-bond acceptors (Lipinski definition) is 2. The number of benzene rings is 2. The molecule has 6 heteroatoms. The molecule has 27 heavy (non-hydrogen) atoms. The predicted octanol–water partition coefficient (Wildman–Crippen LogP) is 4.91. The number of amides is 1. The summed E-state index contributed by atoms with van der Waals surface area (Å²) < 4.78 is 39.9. The van der Waals surface area contributed by atoms with Gasteiger partial charge in [0.15, 0.2) is 11.6 Å². The van der Waals surface area contributed by atoms with E-state index in [1.54, 1.807) is 18.3 Å². The average Bonchev–Trinajstić information content (AvgIpc) is 3.47. The number of nitrogens with zero attached hydrogens (tertiary/aromatic N) is 1. The summed E-state index contributed by atoms with van der Waals surface area (Å²) in [4.78, 5) is 16.7. The Labute approximate surface area is 153 Å². The summed E-state index contributed by atoms with van der Waals surface area (Å²) in [6.07, 6.45) is 2.32. The fraction of sp³-hybridized carbons (Fsp3) is 0.143. The van der Waals surface area contributed by atoms with Gasteiger partial charge in [-0.05, 0) is 60.4 Å². The first-order valence-electron chi connectivity index (χ1n) is 8.49. The fourth-order valence-electron chi connectivity index (χ4n) is 3.09. The quantitative estimate of drug-likeness (QED) is 0.711. The van der Waals surface area contributed by atoms with Crippen LogP contribution in [0.3, 0.4) is 0 Å². The number of carbonyl (C=O) groups is 1. The van der Waals surface area contributed by atoms with Gasteiger partial charge in [0.25, 0.3) is 0 Å². The van der Waals surface area contributed by atoms with Gasteiger partial charge in [-0.3, -0.25) is 9.78 Å². The lowest BCUT2D eigenvalue weighted by atomic mass is 10.1. The van der Waals surface area contributed by atoms with Gasteiger partial charge in [0.1, 0.15) is 5.82 Å². The second kappa shape index (κ2) is 6.87. The van der Waals surface area contributed by atoms with Crippen molar-refractivity contribution in [2.24, 2.45) is 5.92 Å². The predicted molar refractivity (Wildman–Crippen MR) is 95.5 cm³/mol. The van der Waals surface area contributed by atoms with E-state index >= 15 is 0 Å². The summed E-state index contributed by atoms with van der Waals surface area (Å²) in [5, 5.41) is 2.45. The Balaban J connectivity index is 1.43. The Morgan fingerprint density at radius 3 is 2.48 bits per heavy atom. The van der Waals surface area contributed by atoms with Gasteiger partial charge in [-0.1, -0.05) is 12.1 Å². The van der Waals surface area contributed by atoms with Gasteiger partial charge in [0, 0.05) is 17.7 Å². The molecule has 0 aliphatic heterocycles. The first-order chi connectivity index (χ1) is 13.0. The number of aromatic nitrogens is 1. The molecule has 2 aromatic carbocycles. The summed E-state index contributed by atoms with van der Waals surface area (Å²) in [6.45, 7) is 0. The number of hydrogen-bond donors (Lipinski definition) is 1. The number of pyridine rings is 1. The third-order valence-electron chi connectivity index (χ3n) is 4.69. The highest BCUT2D eigenvalue weighted by molar-refractivity contribution is 5.95. The van der Waals surface area contributed by atoms with Crippen LogP contribution in [0.2, 0.25) is 0 Å². The molecule has 1 fully saturated rings. The molecule has 4 rings (SSSR count). The van der Waals surface area contributed by atoms with E-state index in [2.05, 4.69) is 10.3 Å². The Bertz CT molecular complexity index is 987. The second-order valence-corrected chi connectivity index (χ2v) is 6.52. The van der Waals surface area contributed by atoms with E-state index in [0.717, 1.165) is 17.2 Å². The van der Waals surface area contributed by atoms with E-state index in [1.165, 1.54) is 24.3 Å². The van der Waals surface area contributed by atoms with Gasteiger partial charge in [0.2, 0.25) is 5.91 Å². The summed E-state index contributed by atoms with van der Waals surface area (Å²) in [5.74, 6) is -3.01. The molecule has 1 heterocycles. The first-order valence-corrected chi connectivity index (χ1v) is 8.49. The summed E-state index contributed by atoms with van der Waals surface area (Å²) in [6, 6.07) is 13.4. The Morgan fingerprint density at radius 1 is 1.00 bits per heavy atom. The average molecular weight is 368 g/mol. The molecular formula is C21H15F3N2O. The highest BCUT2D eigenvalue weighted by atomic mass is 19.2. The molecule has 0 saturated heterocycles. The maximum Gasteiger partial charge on any atom is 0.228 e. The number of carbonyl (C=O) groups excluding carboxylic acids is 1. The van der Waals surface area contributed by atoms with Crippen LogP contribution in [0.5, 0.6) is 0 Å². The van der Waals surface area contributed by atoms with Crippen molar-refractivity contribution < 1.29 is 18.0 Å². The molecule has 3 aromatic rings. The second-order valence-electron chi connectivity index (χ2n) is 6.52. The minimum Gasteiger partial charge on any atom is -0.323 e. The van der Waals surface area contributed by atoms with Gasteiger partial charge in [-0.15, -0.1) is 0 Å². The van der Waals surface area contributed by atoms with Crippen molar-refractivity contribution in [3.63, 3.8) is 0 Å². The van der Waals surface area contributed by atoms with Gasteiger partial charge in [0.05, 0.1) is 11.4 Å². The molecule has 1 aliphatic rings. The SMILES string of the molecule is O=C(Nc1cccc(F)c1F)[C@@H]1C[C@H]1c1ccc(-c2ccc(F)cc2)nc1. The normalized spacial score (nSPS) is 18.2. The molecule has 1 amide bonds. The van der Waals surface area contributed by atoms with E-state index in [9.17, 15) is 18.0 Å². The lowest BCUT2D eigenvalue weighted by Crippen LogP contribution is -2.16. The van der Waals surface area contributed by atoms with E-state index in [1.807, 2.05) is 12.1 Å². The molecule has 1 aromatic heterocycles. The molecule has 1 aliphatic carbocycles. The molecule has 3 nitrogen and oxygen atoms in total. The van der Waals surface area contributed by atoms with Crippen molar-refractivity contribution in [1.29, 1.82) is 0 Å². The molecule has 1 N–H and O–H groups in total.